The third kappa shape index (κ3) is 2.27. The third-order valence-electron chi connectivity index (χ3n) is 1.34. The summed E-state index contributed by atoms with van der Waals surface area (Å²) in [6.07, 6.45) is 0. The second-order valence-electron chi connectivity index (χ2n) is 2.62. The lowest BCUT2D eigenvalue weighted by Crippen LogP contribution is -2.04. The number of hydrogen-bond acceptors (Lipinski definition) is 2. The number of halogens is 1. The Morgan fingerprint density at radius 1 is 1.55 bits per heavy atom. The predicted octanol–water partition coefficient (Wildman–Crippen LogP) is 3.19. The molecule has 0 spiro atoms. The van der Waals surface area contributed by atoms with Gasteiger partial charge in [0.1, 0.15) is 0 Å². The smallest absolute Gasteiger partial charge is 0.175 e. The zero-order valence-electron chi connectivity index (χ0n) is 6.43. The van der Waals surface area contributed by atoms with Crippen LogP contribution in [0.4, 0.5) is 0 Å². The minimum Gasteiger partial charge on any atom is -0.293 e. The van der Waals surface area contributed by atoms with Gasteiger partial charge in [-0.1, -0.05) is 13.8 Å². The molecule has 1 nitrogen and oxygen atoms in total. The number of carbonyl (C=O) groups is 1. The van der Waals surface area contributed by atoms with E-state index in [1.54, 1.807) is 11.3 Å². The van der Waals surface area contributed by atoms with E-state index in [2.05, 4.69) is 22.6 Å². The van der Waals surface area contributed by atoms with Crippen LogP contribution in [0.3, 0.4) is 0 Å². The fourth-order valence-electron chi connectivity index (χ4n) is 0.731. The Bertz CT molecular complexity index is 265. The van der Waals surface area contributed by atoms with E-state index in [9.17, 15) is 4.79 Å². The average Bonchev–Trinajstić information content (AvgIpc) is 2.34. The first-order valence-corrected chi connectivity index (χ1v) is 5.30. The summed E-state index contributed by atoms with van der Waals surface area (Å²) in [5, 5.41) is 0. The molecule has 0 aliphatic rings. The molecule has 1 aromatic heterocycles. The van der Waals surface area contributed by atoms with Gasteiger partial charge in [-0.05, 0) is 34.7 Å². The molecule has 1 rings (SSSR count). The van der Waals surface area contributed by atoms with Gasteiger partial charge in [-0.3, -0.25) is 4.79 Å². The Morgan fingerprint density at radius 2 is 2.18 bits per heavy atom. The Balaban J connectivity index is 2.85. The molecular weight excluding hydrogens is 271 g/mol. The van der Waals surface area contributed by atoms with Crippen LogP contribution in [0.25, 0.3) is 0 Å². The highest BCUT2D eigenvalue weighted by Crippen LogP contribution is 2.20. The molecule has 60 valence electrons. The molecule has 0 bridgehead atoms. The molecule has 0 saturated heterocycles. The molecule has 0 aromatic carbocycles. The topological polar surface area (TPSA) is 17.1 Å². The van der Waals surface area contributed by atoms with Crippen molar-refractivity contribution in [2.45, 2.75) is 13.8 Å². The number of carbonyl (C=O) groups excluding carboxylic acids is 1. The van der Waals surface area contributed by atoms with E-state index in [-0.39, 0.29) is 11.7 Å². The van der Waals surface area contributed by atoms with Crippen LogP contribution >= 0.6 is 33.9 Å². The zero-order valence-corrected chi connectivity index (χ0v) is 9.40. The van der Waals surface area contributed by atoms with Crippen LogP contribution < -0.4 is 0 Å². The first kappa shape index (κ1) is 9.19. The highest BCUT2D eigenvalue weighted by atomic mass is 127. The Morgan fingerprint density at radius 3 is 2.55 bits per heavy atom. The van der Waals surface area contributed by atoms with Crippen molar-refractivity contribution in [1.29, 1.82) is 0 Å². The van der Waals surface area contributed by atoms with Gasteiger partial charge >= 0.3 is 0 Å². The summed E-state index contributed by atoms with van der Waals surface area (Å²) in [4.78, 5) is 12.2. The zero-order chi connectivity index (χ0) is 8.43. The summed E-state index contributed by atoms with van der Waals surface area (Å²) >= 11 is 3.78. The normalized spacial score (nSPS) is 10.5. The van der Waals surface area contributed by atoms with Crippen LogP contribution in [0.1, 0.15) is 23.5 Å². The molecule has 0 aliphatic heterocycles. The summed E-state index contributed by atoms with van der Waals surface area (Å²) in [5.74, 6) is 0.363. The molecule has 0 unspecified atom stereocenters. The highest BCUT2D eigenvalue weighted by Gasteiger charge is 2.11. The molecule has 3 heteroatoms. The fraction of sp³-hybridized carbons (Fsp3) is 0.375. The molecule has 0 amide bonds. The minimum atomic E-state index is 0.115. The van der Waals surface area contributed by atoms with E-state index in [1.165, 1.54) is 2.88 Å². The first-order valence-electron chi connectivity index (χ1n) is 3.41. The van der Waals surface area contributed by atoms with Gasteiger partial charge in [-0.2, -0.15) is 0 Å². The molecule has 0 atom stereocenters. The van der Waals surface area contributed by atoms with E-state index >= 15 is 0 Å². The van der Waals surface area contributed by atoms with Crippen molar-refractivity contribution in [2.75, 3.05) is 0 Å². The molecule has 0 aliphatic carbocycles. The Labute approximate surface area is 84.0 Å². The molecule has 0 radical (unpaired) electrons. The summed E-state index contributed by atoms with van der Waals surface area (Å²) < 4.78 is 1.17. The van der Waals surface area contributed by atoms with Crippen molar-refractivity contribution in [3.8, 4) is 0 Å². The summed E-state index contributed by atoms with van der Waals surface area (Å²) in [6, 6.07) is 3.87. The van der Waals surface area contributed by atoms with Crippen molar-refractivity contribution < 1.29 is 4.79 Å². The average molecular weight is 280 g/mol. The van der Waals surface area contributed by atoms with Crippen molar-refractivity contribution in [3.63, 3.8) is 0 Å². The minimum absolute atomic E-state index is 0.115. The fourth-order valence-corrected chi connectivity index (χ4v) is 2.44. The lowest BCUT2D eigenvalue weighted by molar-refractivity contribution is 0.0943. The van der Waals surface area contributed by atoms with E-state index in [0.717, 1.165) is 4.88 Å². The van der Waals surface area contributed by atoms with E-state index in [4.69, 9.17) is 0 Å². The lowest BCUT2D eigenvalue weighted by atomic mass is 10.1. The molecule has 0 N–H and O–H groups in total. The number of hydrogen-bond donors (Lipinski definition) is 0. The quantitative estimate of drug-likeness (QED) is 0.600. The SMILES string of the molecule is CC(C)C(=O)c1ccc(I)s1. The monoisotopic (exact) mass is 280 g/mol. The largest absolute Gasteiger partial charge is 0.293 e. The van der Waals surface area contributed by atoms with Gasteiger partial charge in [0.15, 0.2) is 5.78 Å². The van der Waals surface area contributed by atoms with Gasteiger partial charge in [0.2, 0.25) is 0 Å². The molecule has 11 heavy (non-hydrogen) atoms. The predicted molar refractivity (Wildman–Crippen MR) is 56.2 cm³/mol. The molecule has 0 saturated carbocycles. The lowest BCUT2D eigenvalue weighted by Gasteiger charge is -1.98. The number of Topliss-reactive ketones (excluding diaryl/α,β-unsaturated/α-hetero) is 1. The van der Waals surface area contributed by atoms with Gasteiger partial charge in [0.25, 0.3) is 0 Å². The molecule has 0 fully saturated rings. The molecule has 1 heterocycles. The van der Waals surface area contributed by atoms with E-state index in [1.807, 2.05) is 26.0 Å². The van der Waals surface area contributed by atoms with Crippen LogP contribution in [-0.4, -0.2) is 5.78 Å². The van der Waals surface area contributed by atoms with Gasteiger partial charge in [-0.15, -0.1) is 11.3 Å². The van der Waals surface area contributed by atoms with E-state index < -0.39 is 0 Å². The molecular formula is C8H9IOS. The van der Waals surface area contributed by atoms with Gasteiger partial charge in [0.05, 0.1) is 7.76 Å². The maximum absolute atomic E-state index is 11.4. The van der Waals surface area contributed by atoms with E-state index in [0.29, 0.717) is 0 Å². The van der Waals surface area contributed by atoms with Crippen molar-refractivity contribution >= 4 is 39.7 Å². The highest BCUT2D eigenvalue weighted by molar-refractivity contribution is 14.1. The Hall–Kier alpha value is 0.1000. The van der Waals surface area contributed by atoms with Crippen LogP contribution in [0.15, 0.2) is 12.1 Å². The van der Waals surface area contributed by atoms with Crippen molar-refractivity contribution in [1.82, 2.24) is 0 Å². The summed E-state index contributed by atoms with van der Waals surface area (Å²) in [6.45, 7) is 3.85. The number of thiophene rings is 1. The van der Waals surface area contributed by atoms with Crippen molar-refractivity contribution in [3.05, 3.63) is 19.9 Å². The second kappa shape index (κ2) is 3.67. The number of rotatable bonds is 2. The van der Waals surface area contributed by atoms with Crippen LogP contribution in [-0.2, 0) is 0 Å². The van der Waals surface area contributed by atoms with Crippen LogP contribution in [0.2, 0.25) is 0 Å². The van der Waals surface area contributed by atoms with Gasteiger partial charge in [0, 0.05) is 5.92 Å². The van der Waals surface area contributed by atoms with Crippen molar-refractivity contribution in [2.24, 2.45) is 5.92 Å². The van der Waals surface area contributed by atoms with Crippen LogP contribution in [0.5, 0.6) is 0 Å². The summed E-state index contributed by atoms with van der Waals surface area (Å²) in [5.41, 5.74) is 0. The Kier molecular flexibility index (Phi) is 3.06. The first-order chi connectivity index (χ1) is 5.11. The van der Waals surface area contributed by atoms with Gasteiger partial charge in [-0.25, -0.2) is 0 Å². The third-order valence-corrected chi connectivity index (χ3v) is 3.25. The summed E-state index contributed by atoms with van der Waals surface area (Å²) in [7, 11) is 0. The standard InChI is InChI=1S/C8H9IOS/c1-5(2)8(10)6-3-4-7(9)11-6/h3-5H,1-2H3. The maximum atomic E-state index is 11.4. The van der Waals surface area contributed by atoms with Crippen LogP contribution in [0, 0.1) is 8.80 Å². The number of ketones is 1. The molecule has 1 aromatic rings. The second-order valence-corrected chi connectivity index (χ2v) is 5.60. The maximum Gasteiger partial charge on any atom is 0.175 e. The van der Waals surface area contributed by atoms with Gasteiger partial charge < -0.3 is 0 Å².